The fourth-order valence-corrected chi connectivity index (χ4v) is 4.90. The van der Waals surface area contributed by atoms with Gasteiger partial charge in [0.2, 0.25) is 5.95 Å². The van der Waals surface area contributed by atoms with Gasteiger partial charge in [-0.3, -0.25) is 18.8 Å². The van der Waals surface area contributed by atoms with Gasteiger partial charge in [-0.1, -0.05) is 26.0 Å². The molecule has 0 bridgehead atoms. The minimum atomic E-state index is -0.317. The van der Waals surface area contributed by atoms with Gasteiger partial charge < -0.3 is 14.2 Å². The predicted molar refractivity (Wildman–Crippen MR) is 128 cm³/mol. The van der Waals surface area contributed by atoms with Crippen LogP contribution in [0.15, 0.2) is 33.9 Å². The topological polar surface area (TPSA) is 77.5 Å². The molecule has 176 valence electrons. The summed E-state index contributed by atoms with van der Waals surface area (Å²) in [4.78, 5) is 35.9. The Kier molecular flexibility index (Phi) is 5.84. The van der Waals surface area contributed by atoms with Crippen molar-refractivity contribution >= 4 is 22.8 Å². The highest BCUT2D eigenvalue weighted by Crippen LogP contribution is 2.32. The van der Waals surface area contributed by atoms with Crippen molar-refractivity contribution in [1.29, 1.82) is 0 Å². The summed E-state index contributed by atoms with van der Waals surface area (Å²) in [6, 6.07) is 8.49. The van der Waals surface area contributed by atoms with Gasteiger partial charge in [-0.15, -0.1) is 0 Å². The number of aromatic nitrogens is 4. The fourth-order valence-electron chi connectivity index (χ4n) is 4.90. The van der Waals surface area contributed by atoms with E-state index in [0.717, 1.165) is 37.7 Å². The Hall–Kier alpha value is -2.91. The molecule has 5 rings (SSSR count). The number of hydrogen-bond donors (Lipinski definition) is 0. The van der Waals surface area contributed by atoms with Crippen molar-refractivity contribution in [3.8, 4) is 0 Å². The zero-order chi connectivity index (χ0) is 23.1. The van der Waals surface area contributed by atoms with Crippen LogP contribution in [0.2, 0.25) is 0 Å². The summed E-state index contributed by atoms with van der Waals surface area (Å²) in [7, 11) is 1.71. The van der Waals surface area contributed by atoms with Crippen LogP contribution in [0.1, 0.15) is 19.4 Å². The van der Waals surface area contributed by atoms with Crippen molar-refractivity contribution < 1.29 is 4.74 Å². The lowest BCUT2D eigenvalue weighted by Crippen LogP contribution is -2.44. The predicted octanol–water partition coefficient (Wildman–Crippen LogP) is 1.58. The van der Waals surface area contributed by atoms with Gasteiger partial charge in [0.05, 0.1) is 13.2 Å². The molecule has 1 fully saturated rings. The molecule has 0 radical (unpaired) electrons. The van der Waals surface area contributed by atoms with E-state index >= 15 is 0 Å². The van der Waals surface area contributed by atoms with Crippen LogP contribution in [0.25, 0.3) is 11.2 Å². The van der Waals surface area contributed by atoms with Gasteiger partial charge in [-0.25, -0.2) is 4.79 Å². The number of hydrogen-bond acceptors (Lipinski definition) is 6. The SMILES string of the molecule is CCc1ccc(N2C[C@H](C)Cn3c2nc2c3c(=O)n(CCN3CCOCC3)c(=O)n2C)cc1. The maximum Gasteiger partial charge on any atom is 0.332 e. The molecule has 1 aromatic carbocycles. The maximum absolute atomic E-state index is 13.6. The molecule has 9 heteroatoms. The first-order valence-electron chi connectivity index (χ1n) is 11.8. The number of rotatable bonds is 5. The Morgan fingerprint density at radius 1 is 1.06 bits per heavy atom. The summed E-state index contributed by atoms with van der Waals surface area (Å²) in [5.41, 5.74) is 2.72. The second kappa shape index (κ2) is 8.79. The third-order valence-electron chi connectivity index (χ3n) is 6.84. The van der Waals surface area contributed by atoms with E-state index in [1.54, 1.807) is 7.05 Å². The lowest BCUT2D eigenvalue weighted by atomic mass is 10.1. The van der Waals surface area contributed by atoms with Crippen LogP contribution in [0.4, 0.5) is 11.6 Å². The van der Waals surface area contributed by atoms with Crippen molar-refractivity contribution in [2.75, 3.05) is 44.3 Å². The van der Waals surface area contributed by atoms with Crippen LogP contribution in [0.3, 0.4) is 0 Å². The highest BCUT2D eigenvalue weighted by molar-refractivity contribution is 5.77. The third-order valence-corrected chi connectivity index (χ3v) is 6.84. The van der Waals surface area contributed by atoms with E-state index in [2.05, 4.69) is 47.9 Å². The van der Waals surface area contributed by atoms with E-state index in [4.69, 9.17) is 9.72 Å². The van der Waals surface area contributed by atoms with Crippen LogP contribution < -0.4 is 16.1 Å². The molecule has 0 unspecified atom stereocenters. The molecule has 2 aromatic heterocycles. The van der Waals surface area contributed by atoms with E-state index in [1.165, 1.54) is 14.7 Å². The van der Waals surface area contributed by atoms with Crippen LogP contribution in [-0.4, -0.2) is 63.0 Å². The number of anilines is 2. The number of ether oxygens (including phenoxy) is 1. The molecule has 0 spiro atoms. The summed E-state index contributed by atoms with van der Waals surface area (Å²) >= 11 is 0. The second-order valence-electron chi connectivity index (χ2n) is 9.18. The van der Waals surface area contributed by atoms with Crippen molar-refractivity contribution in [2.45, 2.75) is 33.4 Å². The molecule has 0 aliphatic carbocycles. The summed E-state index contributed by atoms with van der Waals surface area (Å²) in [5, 5.41) is 0. The van der Waals surface area contributed by atoms with Gasteiger partial charge in [-0.05, 0) is 30.0 Å². The maximum atomic E-state index is 13.6. The number of benzene rings is 1. The van der Waals surface area contributed by atoms with Crippen LogP contribution in [-0.2, 0) is 31.3 Å². The Balaban J connectivity index is 1.58. The summed E-state index contributed by atoms with van der Waals surface area (Å²) in [5.74, 6) is 1.06. The molecule has 3 aromatic rings. The Bertz CT molecular complexity index is 1270. The van der Waals surface area contributed by atoms with Crippen LogP contribution in [0, 0.1) is 5.92 Å². The van der Waals surface area contributed by atoms with Crippen molar-refractivity contribution in [1.82, 2.24) is 23.6 Å². The summed E-state index contributed by atoms with van der Waals surface area (Å²) in [6.45, 7) is 9.87. The van der Waals surface area contributed by atoms with Gasteiger partial charge in [0.1, 0.15) is 0 Å². The van der Waals surface area contributed by atoms with E-state index in [1.807, 2.05) is 4.57 Å². The van der Waals surface area contributed by atoms with Gasteiger partial charge >= 0.3 is 5.69 Å². The normalized spacial score (nSPS) is 19.2. The number of fused-ring (bicyclic) bond motifs is 3. The quantitative estimate of drug-likeness (QED) is 0.585. The molecule has 1 atom stereocenters. The minimum absolute atomic E-state index is 0.254. The fraction of sp³-hybridized carbons (Fsp3) is 0.542. The lowest BCUT2D eigenvalue weighted by molar-refractivity contribution is 0.0361. The van der Waals surface area contributed by atoms with Gasteiger partial charge in [0, 0.05) is 52.0 Å². The minimum Gasteiger partial charge on any atom is -0.379 e. The van der Waals surface area contributed by atoms with Crippen molar-refractivity contribution in [3.63, 3.8) is 0 Å². The van der Waals surface area contributed by atoms with Crippen LogP contribution in [0.5, 0.6) is 0 Å². The molecule has 0 amide bonds. The highest BCUT2D eigenvalue weighted by Gasteiger charge is 2.30. The molecule has 33 heavy (non-hydrogen) atoms. The highest BCUT2D eigenvalue weighted by atomic mass is 16.5. The number of aryl methyl sites for hydroxylation is 2. The van der Waals surface area contributed by atoms with E-state index in [-0.39, 0.29) is 11.2 Å². The Morgan fingerprint density at radius 3 is 2.48 bits per heavy atom. The lowest BCUT2D eigenvalue weighted by Gasteiger charge is -2.33. The summed E-state index contributed by atoms with van der Waals surface area (Å²) in [6.07, 6.45) is 0.987. The van der Waals surface area contributed by atoms with E-state index < -0.39 is 0 Å². The molecule has 9 nitrogen and oxygen atoms in total. The number of nitrogens with zero attached hydrogens (tertiary/aromatic N) is 6. The molecule has 1 saturated heterocycles. The number of imidazole rings is 1. The molecular formula is C24H32N6O3. The average molecular weight is 453 g/mol. The van der Waals surface area contributed by atoms with Gasteiger partial charge in [0.25, 0.3) is 5.56 Å². The molecule has 4 heterocycles. The zero-order valence-electron chi connectivity index (χ0n) is 19.7. The largest absolute Gasteiger partial charge is 0.379 e. The second-order valence-corrected chi connectivity index (χ2v) is 9.18. The van der Waals surface area contributed by atoms with E-state index in [9.17, 15) is 9.59 Å². The van der Waals surface area contributed by atoms with Crippen molar-refractivity contribution in [3.05, 3.63) is 50.7 Å². The Morgan fingerprint density at radius 2 is 1.79 bits per heavy atom. The standard InChI is InChI=1S/C24H32N6O3/c1-4-18-5-7-19(8-6-18)29-15-17(2)16-30-20-21(25-23(29)30)26(3)24(32)28(22(20)31)10-9-27-11-13-33-14-12-27/h5-8,17H,4,9-16H2,1-3H3/t17-/m0/s1. The monoisotopic (exact) mass is 452 g/mol. The third kappa shape index (κ3) is 3.89. The average Bonchev–Trinajstić information content (AvgIpc) is 3.22. The van der Waals surface area contributed by atoms with Crippen LogP contribution >= 0.6 is 0 Å². The zero-order valence-corrected chi connectivity index (χ0v) is 19.7. The Labute approximate surface area is 192 Å². The molecule has 2 aliphatic rings. The van der Waals surface area contributed by atoms with Gasteiger partial charge in [-0.2, -0.15) is 4.98 Å². The van der Waals surface area contributed by atoms with Gasteiger partial charge in [0.15, 0.2) is 11.2 Å². The summed E-state index contributed by atoms with van der Waals surface area (Å²) < 4.78 is 10.3. The smallest absolute Gasteiger partial charge is 0.332 e. The molecular weight excluding hydrogens is 420 g/mol. The first-order chi connectivity index (χ1) is 16.0. The number of morpholine rings is 1. The first kappa shape index (κ1) is 21.9. The van der Waals surface area contributed by atoms with E-state index in [0.29, 0.717) is 49.9 Å². The first-order valence-corrected chi connectivity index (χ1v) is 11.8. The molecule has 0 N–H and O–H groups in total. The van der Waals surface area contributed by atoms with Crippen molar-refractivity contribution in [2.24, 2.45) is 13.0 Å². The molecule has 2 aliphatic heterocycles. The molecule has 0 saturated carbocycles.